The molecule has 1 atom stereocenters. The topological polar surface area (TPSA) is 105 Å². The maximum absolute atomic E-state index is 12.9. The fraction of sp³-hybridized carbons (Fsp3) is 0.105. The van der Waals surface area contributed by atoms with Crippen LogP contribution in [0.5, 0.6) is 0 Å². The summed E-state index contributed by atoms with van der Waals surface area (Å²) < 4.78 is 25.7. The van der Waals surface area contributed by atoms with Crippen LogP contribution in [-0.4, -0.2) is 46.4 Å². The van der Waals surface area contributed by atoms with Crippen LogP contribution >= 0.6 is 11.8 Å². The maximum Gasteiger partial charge on any atom is 0.353 e. The highest BCUT2D eigenvalue weighted by atomic mass is 32.2. The Bertz CT molecular complexity index is 1130. The maximum atomic E-state index is 12.9. The Balaban J connectivity index is 1.77. The van der Waals surface area contributed by atoms with Crippen LogP contribution in [0.3, 0.4) is 0 Å². The number of nitrogens with zero attached hydrogens (tertiary/aromatic N) is 2. The van der Waals surface area contributed by atoms with Crippen LogP contribution in [0.2, 0.25) is 0 Å². The van der Waals surface area contributed by atoms with Crippen molar-refractivity contribution in [3.05, 3.63) is 76.6 Å². The molecule has 0 radical (unpaired) electrons. The molecular weight excluding hydrogens is 400 g/mol. The second kappa shape index (κ2) is 6.92. The van der Waals surface area contributed by atoms with Crippen molar-refractivity contribution in [3.63, 3.8) is 0 Å². The third-order valence-corrected chi connectivity index (χ3v) is 7.43. The van der Waals surface area contributed by atoms with Gasteiger partial charge in [0, 0.05) is 16.0 Å². The van der Waals surface area contributed by atoms with Crippen LogP contribution in [0.25, 0.3) is 6.08 Å². The van der Waals surface area contributed by atoms with E-state index in [2.05, 4.69) is 4.98 Å². The van der Waals surface area contributed by atoms with E-state index in [9.17, 15) is 23.1 Å². The summed E-state index contributed by atoms with van der Waals surface area (Å²) >= 11 is 1.04. The van der Waals surface area contributed by atoms with Crippen LogP contribution < -0.4 is 0 Å². The molecule has 0 saturated carbocycles. The first-order valence-corrected chi connectivity index (χ1v) is 10.8. The monoisotopic (exact) mass is 414 g/mol. The predicted octanol–water partition coefficient (Wildman–Crippen LogP) is 2.15. The van der Waals surface area contributed by atoms with E-state index >= 15 is 0 Å². The quantitative estimate of drug-likeness (QED) is 0.604. The lowest BCUT2D eigenvalue weighted by molar-refractivity contribution is -0.141. The molecule has 1 amide bonds. The number of rotatable bonds is 4. The summed E-state index contributed by atoms with van der Waals surface area (Å²) in [6, 6.07) is 13.9. The molecule has 7 nitrogen and oxygen atoms in total. The van der Waals surface area contributed by atoms with Crippen LogP contribution in [0, 0.1) is 0 Å². The first kappa shape index (κ1) is 18.5. The summed E-state index contributed by atoms with van der Waals surface area (Å²) in [6.07, 6.45) is 2.93. The summed E-state index contributed by atoms with van der Waals surface area (Å²) in [5, 5.41) is 8.38. The SMILES string of the molecule is O=C(O)C1=C(Sc2ccccc2)CS(=O)(=O)[C@@H]2C(=Cc3ccccn3)C(=O)N12. The second-order valence-corrected chi connectivity index (χ2v) is 9.41. The molecule has 142 valence electrons. The molecule has 1 aromatic carbocycles. The molecule has 28 heavy (non-hydrogen) atoms. The minimum absolute atomic E-state index is 0.0289. The lowest BCUT2D eigenvalue weighted by Crippen LogP contribution is -2.62. The van der Waals surface area contributed by atoms with Crippen LogP contribution in [0.15, 0.2) is 75.8 Å². The molecule has 0 unspecified atom stereocenters. The molecule has 1 fully saturated rings. The van der Waals surface area contributed by atoms with E-state index in [4.69, 9.17) is 0 Å². The Kier molecular flexibility index (Phi) is 4.56. The van der Waals surface area contributed by atoms with Gasteiger partial charge in [0.15, 0.2) is 15.2 Å². The minimum Gasteiger partial charge on any atom is -0.477 e. The molecule has 4 rings (SSSR count). The van der Waals surface area contributed by atoms with Gasteiger partial charge in [-0.15, -0.1) is 0 Å². The lowest BCUT2D eigenvalue weighted by atomic mass is 10.0. The highest BCUT2D eigenvalue weighted by molar-refractivity contribution is 8.04. The number of benzene rings is 1. The Morgan fingerprint density at radius 1 is 1.18 bits per heavy atom. The highest BCUT2D eigenvalue weighted by Crippen LogP contribution is 2.44. The molecule has 2 aliphatic rings. The van der Waals surface area contributed by atoms with Crippen molar-refractivity contribution < 1.29 is 23.1 Å². The molecular formula is C19H14N2O5S2. The van der Waals surface area contributed by atoms with Crippen molar-refractivity contribution in [2.24, 2.45) is 0 Å². The van der Waals surface area contributed by atoms with Gasteiger partial charge in [-0.3, -0.25) is 14.7 Å². The van der Waals surface area contributed by atoms with Gasteiger partial charge in [0.1, 0.15) is 5.70 Å². The minimum atomic E-state index is -3.79. The smallest absolute Gasteiger partial charge is 0.353 e. The number of pyridine rings is 1. The number of thioether (sulfide) groups is 1. The fourth-order valence-corrected chi connectivity index (χ4v) is 6.47. The molecule has 2 aliphatic heterocycles. The number of carboxylic acid groups (broad SMARTS) is 1. The van der Waals surface area contributed by atoms with Gasteiger partial charge in [-0.25, -0.2) is 13.2 Å². The van der Waals surface area contributed by atoms with Crippen molar-refractivity contribution >= 4 is 39.6 Å². The van der Waals surface area contributed by atoms with Gasteiger partial charge in [-0.2, -0.15) is 0 Å². The molecule has 0 spiro atoms. The zero-order valence-electron chi connectivity index (χ0n) is 14.3. The predicted molar refractivity (Wildman–Crippen MR) is 104 cm³/mol. The Morgan fingerprint density at radius 2 is 1.89 bits per heavy atom. The van der Waals surface area contributed by atoms with Crippen LogP contribution in [0.1, 0.15) is 5.69 Å². The van der Waals surface area contributed by atoms with Crippen molar-refractivity contribution in [1.29, 1.82) is 0 Å². The van der Waals surface area contributed by atoms with E-state index in [0.29, 0.717) is 10.6 Å². The number of sulfone groups is 1. The average Bonchev–Trinajstić information content (AvgIpc) is 2.66. The van der Waals surface area contributed by atoms with E-state index in [1.54, 1.807) is 48.5 Å². The largest absolute Gasteiger partial charge is 0.477 e. The number of carbonyl (C=O) groups excluding carboxylic acids is 1. The Hall–Kier alpha value is -2.91. The molecule has 0 bridgehead atoms. The number of aromatic nitrogens is 1. The first-order chi connectivity index (χ1) is 13.4. The lowest BCUT2D eigenvalue weighted by Gasteiger charge is -2.45. The number of hydrogen-bond acceptors (Lipinski definition) is 6. The van der Waals surface area contributed by atoms with Crippen LogP contribution in [-0.2, 0) is 19.4 Å². The molecule has 1 aromatic heterocycles. The number of hydrogen-bond donors (Lipinski definition) is 1. The normalized spacial score (nSPS) is 22.0. The Labute approximate surface area is 165 Å². The van der Waals surface area contributed by atoms with Gasteiger partial charge in [0.05, 0.1) is 17.0 Å². The average molecular weight is 414 g/mol. The van der Waals surface area contributed by atoms with Crippen LogP contribution in [0.4, 0.5) is 0 Å². The number of aliphatic carboxylic acids is 1. The molecule has 0 aliphatic carbocycles. The van der Waals surface area contributed by atoms with E-state index in [-0.39, 0.29) is 16.2 Å². The van der Waals surface area contributed by atoms with E-state index in [0.717, 1.165) is 16.7 Å². The van der Waals surface area contributed by atoms with Crippen molar-refractivity contribution in [2.75, 3.05) is 5.75 Å². The number of fused-ring (bicyclic) bond motifs is 1. The summed E-state index contributed by atoms with van der Waals surface area (Å²) in [6.45, 7) is 0. The summed E-state index contributed by atoms with van der Waals surface area (Å²) in [7, 11) is -3.79. The molecule has 1 N–H and O–H groups in total. The van der Waals surface area contributed by atoms with Gasteiger partial charge in [0.25, 0.3) is 5.91 Å². The second-order valence-electron chi connectivity index (χ2n) is 6.18. The zero-order valence-corrected chi connectivity index (χ0v) is 16.0. The van der Waals surface area contributed by atoms with Gasteiger partial charge in [-0.05, 0) is 30.3 Å². The van der Waals surface area contributed by atoms with Gasteiger partial charge >= 0.3 is 5.97 Å². The number of carboxylic acids is 1. The van der Waals surface area contributed by atoms with Gasteiger partial charge in [-0.1, -0.05) is 36.0 Å². The Morgan fingerprint density at radius 3 is 2.54 bits per heavy atom. The number of carbonyl (C=O) groups is 2. The van der Waals surface area contributed by atoms with Gasteiger partial charge < -0.3 is 5.11 Å². The summed E-state index contributed by atoms with van der Waals surface area (Å²) in [4.78, 5) is 30.3. The third-order valence-electron chi connectivity index (χ3n) is 4.32. The molecule has 1 saturated heterocycles. The fourth-order valence-electron chi connectivity index (χ4n) is 3.15. The number of β-lactam (4-membered cyclic amide) rings is 1. The summed E-state index contributed by atoms with van der Waals surface area (Å²) in [5.74, 6) is -2.41. The van der Waals surface area contributed by atoms with Crippen molar-refractivity contribution in [2.45, 2.75) is 10.3 Å². The van der Waals surface area contributed by atoms with Crippen molar-refractivity contribution in [1.82, 2.24) is 9.88 Å². The molecule has 3 heterocycles. The zero-order chi connectivity index (χ0) is 19.9. The standard InChI is InChI=1S/C19H14N2O5S2/c22-17-14(10-12-6-4-5-9-20-12)18-21(17)16(19(23)24)15(11-28(18,25)26)27-13-7-2-1-3-8-13/h1-10,18H,11H2,(H,23,24)/t18-/m1/s1. The van der Waals surface area contributed by atoms with E-state index < -0.39 is 32.8 Å². The van der Waals surface area contributed by atoms with Crippen molar-refractivity contribution in [3.8, 4) is 0 Å². The van der Waals surface area contributed by atoms with E-state index in [1.165, 1.54) is 12.3 Å². The van der Waals surface area contributed by atoms with E-state index in [1.807, 2.05) is 0 Å². The molecule has 2 aromatic rings. The first-order valence-electron chi connectivity index (χ1n) is 8.25. The molecule has 9 heteroatoms. The van der Waals surface area contributed by atoms with Gasteiger partial charge in [0.2, 0.25) is 0 Å². The third kappa shape index (κ3) is 3.12. The highest BCUT2D eigenvalue weighted by Gasteiger charge is 2.56. The number of amides is 1. The summed E-state index contributed by atoms with van der Waals surface area (Å²) in [5.41, 5.74) is 0.184.